The van der Waals surface area contributed by atoms with E-state index in [9.17, 15) is 29.1 Å². The summed E-state index contributed by atoms with van der Waals surface area (Å²) in [5.41, 5.74) is 12.4. The van der Waals surface area contributed by atoms with Gasteiger partial charge < -0.3 is 37.1 Å². The van der Waals surface area contributed by atoms with E-state index in [-0.39, 0.29) is 25.8 Å². The van der Waals surface area contributed by atoms with E-state index in [2.05, 4.69) is 15.6 Å². The molecule has 3 rings (SSSR count). The number of H-pyrrole nitrogens is 1. The number of nitrogens with zero attached hydrogens (tertiary/aromatic N) is 1. The number of carboxylic acids is 1. The summed E-state index contributed by atoms with van der Waals surface area (Å²) in [6.45, 7) is -0.162. The van der Waals surface area contributed by atoms with Crippen molar-refractivity contribution in [1.29, 1.82) is 0 Å². The summed E-state index contributed by atoms with van der Waals surface area (Å²) in [7, 11) is 0. The number of para-hydroxylation sites is 1. The minimum absolute atomic E-state index is 0.0377. The highest BCUT2D eigenvalue weighted by Gasteiger charge is 2.38. The van der Waals surface area contributed by atoms with Crippen LogP contribution in [0, 0.1) is 0 Å². The van der Waals surface area contributed by atoms with Crippen molar-refractivity contribution in [3.63, 3.8) is 0 Å². The largest absolute Gasteiger partial charge is 0.480 e. The van der Waals surface area contributed by atoms with Crippen LogP contribution in [-0.4, -0.2) is 75.8 Å². The standard InChI is InChI=1S/C23H30N6O6/c24-15(7-8-19(25)30)21(32)27-12-20(31)28-17(22(33)29-9-3-6-18(29)23(34)35)10-13-11-26-16-5-2-1-4-14(13)16/h1-2,4-5,11,15,17-18,26H,3,6-10,12,24H2,(H2,25,30)(H,27,32)(H,28,31)(H,34,35). The second-order valence-corrected chi connectivity index (χ2v) is 8.54. The van der Waals surface area contributed by atoms with Crippen LogP contribution in [0.4, 0.5) is 0 Å². The second-order valence-electron chi connectivity index (χ2n) is 8.54. The molecule has 0 radical (unpaired) electrons. The van der Waals surface area contributed by atoms with E-state index in [0.29, 0.717) is 12.8 Å². The fourth-order valence-corrected chi connectivity index (χ4v) is 4.18. The van der Waals surface area contributed by atoms with Crippen LogP contribution in [0.5, 0.6) is 0 Å². The number of hydrogen-bond acceptors (Lipinski definition) is 6. The normalized spacial score (nSPS) is 17.1. The van der Waals surface area contributed by atoms with Crippen LogP contribution >= 0.6 is 0 Å². The van der Waals surface area contributed by atoms with Crippen LogP contribution in [-0.2, 0) is 30.4 Å². The van der Waals surface area contributed by atoms with Gasteiger partial charge in [-0.15, -0.1) is 0 Å². The number of aliphatic carboxylic acids is 1. The monoisotopic (exact) mass is 486 g/mol. The Morgan fingerprint density at radius 1 is 1.20 bits per heavy atom. The number of likely N-dealkylation sites (tertiary alicyclic amines) is 1. The molecule has 1 aromatic heterocycles. The summed E-state index contributed by atoms with van der Waals surface area (Å²) >= 11 is 0. The number of rotatable bonds is 11. The van der Waals surface area contributed by atoms with Crippen LogP contribution in [0.1, 0.15) is 31.2 Å². The number of aromatic amines is 1. The third kappa shape index (κ3) is 6.57. The number of nitrogens with one attached hydrogen (secondary N) is 3. The molecule has 188 valence electrons. The van der Waals surface area contributed by atoms with Crippen molar-refractivity contribution in [3.05, 3.63) is 36.0 Å². The Bertz CT molecular complexity index is 1110. The van der Waals surface area contributed by atoms with Crippen molar-refractivity contribution in [2.45, 2.75) is 50.2 Å². The maximum Gasteiger partial charge on any atom is 0.326 e. The molecule has 2 heterocycles. The Hall–Kier alpha value is -3.93. The molecule has 8 N–H and O–H groups in total. The van der Waals surface area contributed by atoms with E-state index < -0.39 is 54.3 Å². The van der Waals surface area contributed by atoms with Crippen molar-refractivity contribution in [2.24, 2.45) is 11.5 Å². The minimum Gasteiger partial charge on any atom is -0.480 e. The summed E-state index contributed by atoms with van der Waals surface area (Å²) in [6, 6.07) is 4.48. The van der Waals surface area contributed by atoms with Crippen LogP contribution in [0.2, 0.25) is 0 Å². The van der Waals surface area contributed by atoms with E-state index in [4.69, 9.17) is 11.5 Å². The third-order valence-electron chi connectivity index (χ3n) is 6.01. The molecule has 1 aliphatic heterocycles. The molecule has 3 unspecified atom stereocenters. The number of hydrogen-bond donors (Lipinski definition) is 6. The predicted octanol–water partition coefficient (Wildman–Crippen LogP) is -1.02. The third-order valence-corrected chi connectivity index (χ3v) is 6.01. The topological polar surface area (TPSA) is 201 Å². The maximum absolute atomic E-state index is 13.3. The Morgan fingerprint density at radius 3 is 2.66 bits per heavy atom. The van der Waals surface area contributed by atoms with Crippen molar-refractivity contribution in [3.8, 4) is 0 Å². The zero-order valence-corrected chi connectivity index (χ0v) is 19.2. The molecule has 0 bridgehead atoms. The van der Waals surface area contributed by atoms with E-state index in [0.717, 1.165) is 16.5 Å². The number of amides is 4. The Labute approximate surface area is 201 Å². The Kier molecular flexibility index (Phi) is 8.42. The lowest BCUT2D eigenvalue weighted by molar-refractivity contribution is -0.149. The number of aromatic nitrogens is 1. The average Bonchev–Trinajstić information content (AvgIpc) is 3.48. The van der Waals surface area contributed by atoms with E-state index in [1.54, 1.807) is 6.20 Å². The van der Waals surface area contributed by atoms with Gasteiger partial charge in [0, 0.05) is 36.5 Å². The highest BCUT2D eigenvalue weighted by molar-refractivity contribution is 5.94. The van der Waals surface area contributed by atoms with Gasteiger partial charge in [0.05, 0.1) is 12.6 Å². The molecule has 12 nitrogen and oxygen atoms in total. The molecule has 1 aromatic carbocycles. The number of carbonyl (C=O) groups excluding carboxylic acids is 4. The average molecular weight is 487 g/mol. The SMILES string of the molecule is NC(=O)CCC(N)C(=O)NCC(=O)NC(Cc1c[nH]c2ccccc12)C(=O)N1CCCC1C(=O)O. The first kappa shape index (κ1) is 25.7. The fraction of sp³-hybridized carbons (Fsp3) is 0.435. The van der Waals surface area contributed by atoms with Gasteiger partial charge in [-0.25, -0.2) is 4.79 Å². The number of fused-ring (bicyclic) bond motifs is 1. The molecule has 1 saturated heterocycles. The number of benzene rings is 1. The van der Waals surface area contributed by atoms with Crippen molar-refractivity contribution in [2.75, 3.05) is 13.1 Å². The van der Waals surface area contributed by atoms with Gasteiger partial charge in [0.1, 0.15) is 12.1 Å². The number of carbonyl (C=O) groups is 5. The van der Waals surface area contributed by atoms with Crippen LogP contribution in [0.25, 0.3) is 10.9 Å². The summed E-state index contributed by atoms with van der Waals surface area (Å²) in [4.78, 5) is 64.9. The van der Waals surface area contributed by atoms with Gasteiger partial charge in [-0.3, -0.25) is 19.2 Å². The van der Waals surface area contributed by atoms with Gasteiger partial charge in [0.25, 0.3) is 0 Å². The molecule has 0 saturated carbocycles. The molecule has 0 aliphatic carbocycles. The molecular formula is C23H30N6O6. The molecule has 1 aliphatic rings. The predicted molar refractivity (Wildman–Crippen MR) is 126 cm³/mol. The maximum atomic E-state index is 13.3. The van der Waals surface area contributed by atoms with Gasteiger partial charge in [-0.2, -0.15) is 0 Å². The molecule has 1 fully saturated rings. The zero-order chi connectivity index (χ0) is 25.5. The van der Waals surface area contributed by atoms with E-state index >= 15 is 0 Å². The first-order valence-electron chi connectivity index (χ1n) is 11.4. The van der Waals surface area contributed by atoms with Crippen molar-refractivity contribution >= 4 is 40.5 Å². The van der Waals surface area contributed by atoms with E-state index in [1.165, 1.54) is 4.90 Å². The molecule has 3 atom stereocenters. The lowest BCUT2D eigenvalue weighted by atomic mass is 10.0. The lowest BCUT2D eigenvalue weighted by Crippen LogP contribution is -2.54. The molecule has 4 amide bonds. The molecular weight excluding hydrogens is 456 g/mol. The van der Waals surface area contributed by atoms with Gasteiger partial charge in [-0.05, 0) is 30.9 Å². The second kappa shape index (κ2) is 11.5. The quantitative estimate of drug-likeness (QED) is 0.233. The first-order valence-corrected chi connectivity index (χ1v) is 11.4. The highest BCUT2D eigenvalue weighted by Crippen LogP contribution is 2.22. The lowest BCUT2D eigenvalue weighted by Gasteiger charge is -2.27. The molecule has 12 heteroatoms. The van der Waals surface area contributed by atoms with Crippen LogP contribution in [0.15, 0.2) is 30.5 Å². The molecule has 0 spiro atoms. The number of primary amides is 1. The van der Waals surface area contributed by atoms with Gasteiger partial charge >= 0.3 is 5.97 Å². The number of carboxylic acid groups (broad SMARTS) is 1. The number of nitrogens with two attached hydrogens (primary N) is 2. The molecule has 2 aromatic rings. The minimum atomic E-state index is -1.09. The van der Waals surface area contributed by atoms with E-state index in [1.807, 2.05) is 24.3 Å². The fourth-order valence-electron chi connectivity index (χ4n) is 4.18. The smallest absolute Gasteiger partial charge is 0.326 e. The Morgan fingerprint density at radius 2 is 1.94 bits per heavy atom. The zero-order valence-electron chi connectivity index (χ0n) is 19.2. The van der Waals surface area contributed by atoms with Gasteiger partial charge in [0.2, 0.25) is 23.6 Å². The summed E-state index contributed by atoms with van der Waals surface area (Å²) in [5.74, 6) is -3.45. The highest BCUT2D eigenvalue weighted by atomic mass is 16.4. The van der Waals surface area contributed by atoms with Gasteiger partial charge in [0.15, 0.2) is 0 Å². The Balaban J connectivity index is 1.71. The summed E-state index contributed by atoms with van der Waals surface area (Å²) in [6.07, 6.45) is 2.74. The summed E-state index contributed by atoms with van der Waals surface area (Å²) in [5, 5.41) is 15.4. The van der Waals surface area contributed by atoms with Crippen molar-refractivity contribution < 1.29 is 29.1 Å². The van der Waals surface area contributed by atoms with Gasteiger partial charge in [-0.1, -0.05) is 18.2 Å². The van der Waals surface area contributed by atoms with Crippen molar-refractivity contribution in [1.82, 2.24) is 20.5 Å². The van der Waals surface area contributed by atoms with Crippen LogP contribution < -0.4 is 22.1 Å². The van der Waals surface area contributed by atoms with Crippen LogP contribution in [0.3, 0.4) is 0 Å². The molecule has 35 heavy (non-hydrogen) atoms. The summed E-state index contributed by atoms with van der Waals surface area (Å²) < 4.78 is 0. The first-order chi connectivity index (χ1) is 16.7.